The Morgan fingerprint density at radius 1 is 1.12 bits per heavy atom. The Morgan fingerprint density at radius 2 is 1.88 bits per heavy atom. The van der Waals surface area contributed by atoms with Crippen LogP contribution >= 0.6 is 0 Å². The third-order valence-corrected chi connectivity index (χ3v) is 7.04. The van der Waals surface area contributed by atoms with Gasteiger partial charge in [0.2, 0.25) is 5.95 Å². The Labute approximate surface area is 198 Å². The van der Waals surface area contributed by atoms with Crippen LogP contribution in [0.15, 0.2) is 24.3 Å². The first-order valence-corrected chi connectivity index (χ1v) is 11.8. The average molecular weight is 469 g/mol. The summed E-state index contributed by atoms with van der Waals surface area (Å²) in [5, 5.41) is 16.0. The van der Waals surface area contributed by atoms with Crippen LogP contribution in [0.4, 0.5) is 14.7 Å². The molecule has 0 spiro atoms. The second kappa shape index (κ2) is 8.69. The normalized spacial score (nSPS) is 23.1. The minimum Gasteiger partial charge on any atom is -0.374 e. The van der Waals surface area contributed by atoms with Gasteiger partial charge in [0, 0.05) is 19.0 Å². The molecule has 2 aromatic heterocycles. The molecule has 0 amide bonds. The number of halogens is 2. The van der Waals surface area contributed by atoms with Gasteiger partial charge in [0.15, 0.2) is 0 Å². The van der Waals surface area contributed by atoms with E-state index < -0.39 is 11.6 Å². The highest BCUT2D eigenvalue weighted by Gasteiger charge is 2.41. The predicted octanol–water partition coefficient (Wildman–Crippen LogP) is 4.76. The maximum Gasteiger partial charge on any atom is 0.221 e. The van der Waals surface area contributed by atoms with Gasteiger partial charge in [-0.1, -0.05) is 26.8 Å². The maximum atomic E-state index is 14.5. The van der Waals surface area contributed by atoms with Crippen molar-refractivity contribution in [1.29, 1.82) is 0 Å². The summed E-state index contributed by atoms with van der Waals surface area (Å²) in [6.07, 6.45) is 1.75. The van der Waals surface area contributed by atoms with E-state index in [0.29, 0.717) is 19.0 Å². The highest BCUT2D eigenvalue weighted by atomic mass is 19.1. The van der Waals surface area contributed by atoms with Gasteiger partial charge >= 0.3 is 0 Å². The molecule has 2 aliphatic rings. The van der Waals surface area contributed by atoms with Crippen molar-refractivity contribution in [1.82, 2.24) is 25.4 Å². The lowest BCUT2D eigenvalue weighted by atomic mass is 9.67. The van der Waals surface area contributed by atoms with Crippen molar-refractivity contribution >= 4 is 5.95 Å². The van der Waals surface area contributed by atoms with Gasteiger partial charge < -0.3 is 9.64 Å². The number of rotatable bonds is 3. The van der Waals surface area contributed by atoms with Gasteiger partial charge in [-0.05, 0) is 54.9 Å². The number of aromatic nitrogens is 5. The summed E-state index contributed by atoms with van der Waals surface area (Å²) in [6.45, 7) is 10.4. The van der Waals surface area contributed by atoms with Crippen LogP contribution in [0.25, 0.3) is 11.3 Å². The molecule has 5 rings (SSSR count). The van der Waals surface area contributed by atoms with Crippen LogP contribution in [0.3, 0.4) is 0 Å². The van der Waals surface area contributed by atoms with Crippen LogP contribution in [-0.2, 0) is 4.74 Å². The summed E-state index contributed by atoms with van der Waals surface area (Å²) in [5.41, 5.74) is 1.94. The second-order valence-electron chi connectivity index (χ2n) is 10.3. The molecule has 1 N–H and O–H groups in total. The second-order valence-corrected chi connectivity index (χ2v) is 10.3. The molecule has 3 atom stereocenters. The van der Waals surface area contributed by atoms with Crippen molar-refractivity contribution in [3.63, 3.8) is 0 Å². The Balaban J connectivity index is 1.52. The van der Waals surface area contributed by atoms with Gasteiger partial charge in [-0.15, -0.1) is 0 Å². The van der Waals surface area contributed by atoms with E-state index in [1.165, 1.54) is 18.2 Å². The standard InChI is InChI=1S/C25H30F2N6O/c1-14-28-24(32-29-14)33-10-11-34-21(13-33)15-8-9-17(25(2,3)4)16-12-20(30-31-23(15)16)22-18(26)6-5-7-19(22)27/h5-7,12,15,17,21H,8-11,13H2,1-4H3,(H,28,29,32)/t15?,17-,21+/m0/s1. The molecule has 7 nitrogen and oxygen atoms in total. The summed E-state index contributed by atoms with van der Waals surface area (Å²) in [7, 11) is 0. The van der Waals surface area contributed by atoms with Crippen molar-refractivity contribution in [3.05, 3.63) is 53.0 Å². The maximum absolute atomic E-state index is 14.5. The van der Waals surface area contributed by atoms with Crippen LogP contribution in [0, 0.1) is 24.0 Å². The number of hydrogen-bond donors (Lipinski definition) is 1. The van der Waals surface area contributed by atoms with E-state index in [0.717, 1.165) is 36.6 Å². The van der Waals surface area contributed by atoms with Crippen molar-refractivity contribution in [2.45, 2.75) is 58.5 Å². The number of nitrogens with zero attached hydrogens (tertiary/aromatic N) is 5. The predicted molar refractivity (Wildman–Crippen MR) is 125 cm³/mol. The molecule has 1 aliphatic heterocycles. The summed E-state index contributed by atoms with van der Waals surface area (Å²) >= 11 is 0. The number of aryl methyl sites for hydroxylation is 1. The number of nitrogens with one attached hydrogen (secondary N) is 1. The molecular formula is C25H30F2N6O. The monoisotopic (exact) mass is 468 g/mol. The zero-order valence-corrected chi connectivity index (χ0v) is 20.0. The van der Waals surface area contributed by atoms with Crippen molar-refractivity contribution in [3.8, 4) is 11.3 Å². The molecule has 1 unspecified atom stereocenters. The van der Waals surface area contributed by atoms with Gasteiger partial charge in [-0.25, -0.2) is 13.9 Å². The molecule has 3 heterocycles. The van der Waals surface area contributed by atoms with Crippen LogP contribution < -0.4 is 4.90 Å². The number of ether oxygens (including phenoxy) is 1. The van der Waals surface area contributed by atoms with E-state index in [4.69, 9.17) is 4.74 Å². The Kier molecular flexibility index (Phi) is 5.83. The smallest absolute Gasteiger partial charge is 0.221 e. The first kappa shape index (κ1) is 22.8. The molecule has 9 heteroatoms. The van der Waals surface area contributed by atoms with Gasteiger partial charge in [-0.2, -0.15) is 20.3 Å². The summed E-state index contributed by atoms with van der Waals surface area (Å²) in [4.78, 5) is 6.62. The number of aromatic amines is 1. The largest absolute Gasteiger partial charge is 0.374 e. The molecular weight excluding hydrogens is 438 g/mol. The van der Waals surface area contributed by atoms with Crippen LogP contribution in [-0.4, -0.2) is 51.2 Å². The Hall–Kier alpha value is -2.94. The third kappa shape index (κ3) is 4.17. The van der Waals surface area contributed by atoms with E-state index in [1.807, 2.05) is 13.0 Å². The fraction of sp³-hybridized carbons (Fsp3) is 0.520. The lowest BCUT2D eigenvalue weighted by Crippen LogP contribution is -2.47. The van der Waals surface area contributed by atoms with Gasteiger partial charge in [0.05, 0.1) is 29.7 Å². The lowest BCUT2D eigenvalue weighted by molar-refractivity contribution is 0.0145. The number of morpholine rings is 1. The fourth-order valence-corrected chi connectivity index (χ4v) is 5.33. The Morgan fingerprint density at radius 3 is 2.56 bits per heavy atom. The fourth-order valence-electron chi connectivity index (χ4n) is 5.33. The molecule has 1 saturated heterocycles. The number of anilines is 1. The van der Waals surface area contributed by atoms with E-state index in [9.17, 15) is 8.78 Å². The highest BCUT2D eigenvalue weighted by Crippen LogP contribution is 2.49. The van der Waals surface area contributed by atoms with E-state index in [1.54, 1.807) is 0 Å². The van der Waals surface area contributed by atoms with Gasteiger partial charge in [-0.3, -0.25) is 0 Å². The Bertz CT molecular complexity index is 1170. The first-order chi connectivity index (χ1) is 16.2. The number of fused-ring (bicyclic) bond motifs is 1. The van der Waals surface area contributed by atoms with E-state index >= 15 is 0 Å². The van der Waals surface area contributed by atoms with Gasteiger partial charge in [0.1, 0.15) is 17.5 Å². The molecule has 1 aliphatic carbocycles. The quantitative estimate of drug-likeness (QED) is 0.597. The topological polar surface area (TPSA) is 79.8 Å². The van der Waals surface area contributed by atoms with Gasteiger partial charge in [0.25, 0.3) is 0 Å². The number of hydrogen-bond acceptors (Lipinski definition) is 6. The van der Waals surface area contributed by atoms with Crippen molar-refractivity contribution < 1.29 is 13.5 Å². The summed E-state index contributed by atoms with van der Waals surface area (Å²) < 4.78 is 35.3. The van der Waals surface area contributed by atoms with Crippen LogP contribution in [0.2, 0.25) is 0 Å². The molecule has 1 aromatic carbocycles. The summed E-state index contributed by atoms with van der Waals surface area (Å²) in [6, 6.07) is 5.70. The molecule has 3 aromatic rings. The third-order valence-electron chi connectivity index (χ3n) is 7.04. The average Bonchev–Trinajstić information content (AvgIpc) is 3.24. The molecule has 0 bridgehead atoms. The first-order valence-electron chi connectivity index (χ1n) is 11.8. The van der Waals surface area contributed by atoms with E-state index in [-0.39, 0.29) is 34.6 Å². The lowest BCUT2D eigenvalue weighted by Gasteiger charge is -2.42. The minimum absolute atomic E-state index is 0.0347. The van der Waals surface area contributed by atoms with E-state index in [2.05, 4.69) is 51.0 Å². The molecule has 1 fully saturated rings. The molecule has 0 saturated carbocycles. The molecule has 0 radical (unpaired) electrons. The van der Waals surface area contributed by atoms with Crippen molar-refractivity contribution in [2.24, 2.45) is 5.41 Å². The molecule has 34 heavy (non-hydrogen) atoms. The summed E-state index contributed by atoms with van der Waals surface area (Å²) in [5.74, 6) is 0.399. The minimum atomic E-state index is -0.637. The molecule has 180 valence electrons. The number of benzene rings is 1. The zero-order chi connectivity index (χ0) is 24.0. The highest BCUT2D eigenvalue weighted by molar-refractivity contribution is 5.62. The SMILES string of the molecule is Cc1n[nH]c(N2CCO[C@@H](C3CC[C@H](C(C)(C)C)c4cc(-c5c(F)cccc5F)nnc43)C2)n1. The van der Waals surface area contributed by atoms with Crippen LogP contribution in [0.5, 0.6) is 0 Å². The van der Waals surface area contributed by atoms with Crippen LogP contribution in [0.1, 0.15) is 62.5 Å². The van der Waals surface area contributed by atoms with Crippen molar-refractivity contribution in [2.75, 3.05) is 24.6 Å². The number of H-pyrrole nitrogens is 1. The zero-order valence-electron chi connectivity index (χ0n) is 20.0.